The van der Waals surface area contributed by atoms with Crippen LogP contribution in [0.5, 0.6) is 0 Å². The fourth-order valence-electron chi connectivity index (χ4n) is 1.46. The van der Waals surface area contributed by atoms with Gasteiger partial charge in [0.1, 0.15) is 4.90 Å². The molecule has 0 atom stereocenters. The van der Waals surface area contributed by atoms with Crippen molar-refractivity contribution in [2.45, 2.75) is 29.6 Å². The van der Waals surface area contributed by atoms with E-state index in [1.54, 1.807) is 0 Å². The summed E-state index contributed by atoms with van der Waals surface area (Å²) in [6.07, 6.45) is 1.65. The Balaban J connectivity index is 3.44. The van der Waals surface area contributed by atoms with E-state index in [0.717, 1.165) is 25.0 Å². The first-order valence-corrected chi connectivity index (χ1v) is 9.01. The van der Waals surface area contributed by atoms with Crippen LogP contribution in [0.25, 0.3) is 0 Å². The van der Waals surface area contributed by atoms with Gasteiger partial charge >= 0.3 is 0 Å². The predicted molar refractivity (Wildman–Crippen MR) is 76.0 cm³/mol. The Labute approximate surface area is 122 Å². The molecule has 0 aliphatic heterocycles. The average molecular weight is 343 g/mol. The number of hydrogen-bond donors (Lipinski definition) is 3. The number of unbranched alkanes of at least 4 members (excludes halogenated alkanes) is 1. The summed E-state index contributed by atoms with van der Waals surface area (Å²) < 4.78 is 54.1. The number of benzene rings is 1. The van der Waals surface area contributed by atoms with E-state index in [1.165, 1.54) is 0 Å². The molecule has 0 unspecified atom stereocenters. The molecule has 1 aromatic carbocycles. The lowest BCUT2D eigenvalue weighted by Gasteiger charge is -2.12. The summed E-state index contributed by atoms with van der Waals surface area (Å²) in [4.78, 5) is -1.15. The number of anilines is 1. The van der Waals surface area contributed by atoms with Gasteiger partial charge in [0.15, 0.2) is 0 Å². The highest BCUT2D eigenvalue weighted by Crippen LogP contribution is 2.32. The normalized spacial score (nSPS) is 12.4. The zero-order valence-corrected chi connectivity index (χ0v) is 13.0. The molecule has 0 heterocycles. The predicted octanol–water partition coefficient (Wildman–Crippen LogP) is 1.45. The third-order valence-corrected chi connectivity index (χ3v) is 4.75. The first-order chi connectivity index (χ1) is 9.07. The minimum absolute atomic E-state index is 0.0827. The summed E-state index contributed by atoms with van der Waals surface area (Å²) in [6, 6.07) is 1.78. The summed E-state index contributed by atoms with van der Waals surface area (Å²) >= 11 is 5.90. The van der Waals surface area contributed by atoms with Crippen LogP contribution < -0.4 is 10.5 Å². The number of hydrogen-bond acceptors (Lipinski definition) is 5. The maximum Gasteiger partial charge on any atom is 0.294 e. The Bertz CT molecular complexity index is 701. The molecule has 1 rings (SSSR count). The molecule has 20 heavy (non-hydrogen) atoms. The van der Waals surface area contributed by atoms with E-state index in [-0.39, 0.29) is 10.7 Å². The molecule has 0 amide bonds. The Morgan fingerprint density at radius 1 is 1.30 bits per heavy atom. The van der Waals surface area contributed by atoms with Crippen molar-refractivity contribution in [3.63, 3.8) is 0 Å². The number of sulfonamides is 1. The first-order valence-electron chi connectivity index (χ1n) is 5.65. The van der Waals surface area contributed by atoms with Crippen molar-refractivity contribution < 1.29 is 21.4 Å². The van der Waals surface area contributed by atoms with Gasteiger partial charge in [-0.05, 0) is 18.6 Å². The molecule has 0 bridgehead atoms. The highest BCUT2D eigenvalue weighted by molar-refractivity contribution is 7.89. The number of primary sulfonamides is 1. The fourth-order valence-corrected chi connectivity index (χ4v) is 3.21. The van der Waals surface area contributed by atoms with Crippen molar-refractivity contribution in [2.24, 2.45) is 5.14 Å². The molecule has 0 fully saturated rings. The number of halogens is 1. The van der Waals surface area contributed by atoms with Crippen molar-refractivity contribution in [1.29, 1.82) is 0 Å². The molecule has 0 aliphatic rings. The van der Waals surface area contributed by atoms with Gasteiger partial charge in [0.25, 0.3) is 10.1 Å². The van der Waals surface area contributed by atoms with Crippen LogP contribution in [-0.4, -0.2) is 27.9 Å². The number of nitrogens with two attached hydrogens (primary N) is 1. The van der Waals surface area contributed by atoms with Crippen molar-refractivity contribution >= 4 is 37.4 Å². The lowest BCUT2D eigenvalue weighted by molar-refractivity contribution is 0.483. The Morgan fingerprint density at radius 3 is 2.35 bits per heavy atom. The quantitative estimate of drug-likeness (QED) is 0.530. The SMILES string of the molecule is CCCCNc1cc(S(=O)(=O)O)cc(S(N)(=O)=O)c1Cl. The minimum Gasteiger partial charge on any atom is -0.384 e. The molecular weight excluding hydrogens is 328 g/mol. The van der Waals surface area contributed by atoms with Crippen molar-refractivity contribution in [1.82, 2.24) is 0 Å². The second-order valence-corrected chi connectivity index (χ2v) is 7.41. The van der Waals surface area contributed by atoms with Gasteiger partial charge in [0, 0.05) is 6.54 Å². The Morgan fingerprint density at radius 2 is 1.90 bits per heavy atom. The van der Waals surface area contributed by atoms with Gasteiger partial charge in [-0.2, -0.15) is 8.42 Å². The van der Waals surface area contributed by atoms with Gasteiger partial charge in [-0.15, -0.1) is 0 Å². The number of rotatable bonds is 6. The molecule has 0 saturated carbocycles. The summed E-state index contributed by atoms with van der Waals surface area (Å²) in [5.41, 5.74) is 0.0827. The zero-order valence-electron chi connectivity index (χ0n) is 10.6. The van der Waals surface area contributed by atoms with Gasteiger partial charge in [0.2, 0.25) is 10.0 Å². The van der Waals surface area contributed by atoms with E-state index in [9.17, 15) is 16.8 Å². The average Bonchev–Trinajstić information content (AvgIpc) is 2.28. The molecule has 4 N–H and O–H groups in total. The molecule has 0 spiro atoms. The second kappa shape index (κ2) is 6.27. The molecule has 0 saturated heterocycles. The van der Waals surface area contributed by atoms with E-state index in [1.807, 2.05) is 6.92 Å². The molecule has 0 aromatic heterocycles. The second-order valence-electron chi connectivity index (χ2n) is 4.08. The summed E-state index contributed by atoms with van der Waals surface area (Å²) in [7, 11) is -8.79. The molecule has 0 radical (unpaired) electrons. The Hall–Kier alpha value is -0.870. The highest BCUT2D eigenvalue weighted by atomic mass is 35.5. The van der Waals surface area contributed by atoms with Crippen LogP contribution in [0.4, 0.5) is 5.69 Å². The maximum absolute atomic E-state index is 11.4. The van der Waals surface area contributed by atoms with Crippen molar-refractivity contribution in [2.75, 3.05) is 11.9 Å². The van der Waals surface area contributed by atoms with E-state index in [4.69, 9.17) is 21.3 Å². The van der Waals surface area contributed by atoms with Crippen LogP contribution in [0.15, 0.2) is 21.9 Å². The van der Waals surface area contributed by atoms with Gasteiger partial charge in [-0.3, -0.25) is 4.55 Å². The third-order valence-electron chi connectivity index (χ3n) is 2.46. The van der Waals surface area contributed by atoms with E-state index >= 15 is 0 Å². The van der Waals surface area contributed by atoms with E-state index in [0.29, 0.717) is 6.54 Å². The largest absolute Gasteiger partial charge is 0.384 e. The third kappa shape index (κ3) is 4.32. The fraction of sp³-hybridized carbons (Fsp3) is 0.400. The zero-order chi connectivity index (χ0) is 15.6. The highest BCUT2D eigenvalue weighted by Gasteiger charge is 2.22. The van der Waals surface area contributed by atoms with Crippen LogP contribution in [0.3, 0.4) is 0 Å². The van der Waals surface area contributed by atoms with Crippen LogP contribution in [0, 0.1) is 0 Å². The standard InChI is InChI=1S/C10H15ClN2O5S2/c1-2-3-4-13-8-5-7(20(16,17)18)6-9(10(8)11)19(12,14)15/h5-6,13H,2-4H2,1H3,(H2,12,14,15)(H,16,17,18). The van der Waals surface area contributed by atoms with Crippen LogP contribution in [0.1, 0.15) is 19.8 Å². The first kappa shape index (κ1) is 17.2. The van der Waals surface area contributed by atoms with E-state index < -0.39 is 29.9 Å². The summed E-state index contributed by atoms with van der Waals surface area (Å²) in [6.45, 7) is 2.42. The molecule has 7 nitrogen and oxygen atoms in total. The lowest BCUT2D eigenvalue weighted by atomic mass is 10.3. The lowest BCUT2D eigenvalue weighted by Crippen LogP contribution is -2.15. The van der Waals surface area contributed by atoms with E-state index in [2.05, 4.69) is 5.32 Å². The van der Waals surface area contributed by atoms with Crippen molar-refractivity contribution in [3.8, 4) is 0 Å². The molecule has 0 aliphatic carbocycles. The Kier molecular flexibility index (Phi) is 5.39. The van der Waals surface area contributed by atoms with Gasteiger partial charge in [-0.25, -0.2) is 13.6 Å². The van der Waals surface area contributed by atoms with Crippen LogP contribution >= 0.6 is 11.6 Å². The molecule has 1 aromatic rings. The summed E-state index contributed by atoms with van der Waals surface area (Å²) in [5.74, 6) is 0. The number of nitrogens with one attached hydrogen (secondary N) is 1. The smallest absolute Gasteiger partial charge is 0.294 e. The van der Waals surface area contributed by atoms with Crippen LogP contribution in [-0.2, 0) is 20.1 Å². The van der Waals surface area contributed by atoms with Crippen LogP contribution in [0.2, 0.25) is 5.02 Å². The van der Waals surface area contributed by atoms with Gasteiger partial charge in [0.05, 0.1) is 15.6 Å². The van der Waals surface area contributed by atoms with Gasteiger partial charge < -0.3 is 5.32 Å². The maximum atomic E-state index is 11.4. The topological polar surface area (TPSA) is 127 Å². The molecule has 10 heteroatoms. The monoisotopic (exact) mass is 342 g/mol. The minimum atomic E-state index is -4.57. The molecule has 114 valence electrons. The van der Waals surface area contributed by atoms with Crippen molar-refractivity contribution in [3.05, 3.63) is 17.2 Å². The van der Waals surface area contributed by atoms with Gasteiger partial charge in [-0.1, -0.05) is 24.9 Å². The summed E-state index contributed by atoms with van der Waals surface area (Å²) in [5, 5.41) is 7.58. The molecular formula is C10H15ClN2O5S2.